The molecule has 0 aliphatic carbocycles. The van der Waals surface area contributed by atoms with Crippen LogP contribution in [0.3, 0.4) is 0 Å². The molecular formula is C24H21N5O2S. The number of aromatic nitrogens is 4. The molecule has 0 saturated heterocycles. The first kappa shape index (κ1) is 20.1. The molecule has 3 heterocycles. The number of fused-ring (bicyclic) bond motifs is 1. The summed E-state index contributed by atoms with van der Waals surface area (Å²) in [6, 6.07) is 16.2. The second-order valence-electron chi connectivity index (χ2n) is 7.37. The minimum absolute atomic E-state index is 0.0198. The van der Waals surface area contributed by atoms with Gasteiger partial charge in [-0.1, -0.05) is 18.2 Å². The SMILES string of the molecule is Cc1nc(NC(C)c2cccc(OCc3ncco3)c2)cc(-c2ccc3ncsc3c2)n1. The third-order valence-electron chi connectivity index (χ3n) is 5.03. The van der Waals surface area contributed by atoms with Gasteiger partial charge in [0.1, 0.15) is 23.7 Å². The lowest BCUT2D eigenvalue weighted by Gasteiger charge is -2.17. The van der Waals surface area contributed by atoms with Gasteiger partial charge in [-0.15, -0.1) is 11.3 Å². The third kappa shape index (κ3) is 4.45. The largest absolute Gasteiger partial charge is 0.484 e. The monoisotopic (exact) mass is 443 g/mol. The molecule has 7 nitrogen and oxygen atoms in total. The maximum atomic E-state index is 5.80. The lowest BCUT2D eigenvalue weighted by Crippen LogP contribution is -2.09. The van der Waals surface area contributed by atoms with Crippen molar-refractivity contribution in [1.82, 2.24) is 19.9 Å². The molecule has 1 unspecified atom stereocenters. The maximum absolute atomic E-state index is 5.80. The van der Waals surface area contributed by atoms with Crippen molar-refractivity contribution in [3.8, 4) is 17.0 Å². The van der Waals surface area contributed by atoms with Crippen LogP contribution in [0.15, 0.2) is 70.9 Å². The highest BCUT2D eigenvalue weighted by molar-refractivity contribution is 7.16. The molecule has 5 rings (SSSR count). The van der Waals surface area contributed by atoms with Gasteiger partial charge in [-0.2, -0.15) is 0 Å². The first-order valence-corrected chi connectivity index (χ1v) is 11.1. The highest BCUT2D eigenvalue weighted by Crippen LogP contribution is 2.28. The maximum Gasteiger partial charge on any atom is 0.232 e. The van der Waals surface area contributed by atoms with E-state index in [4.69, 9.17) is 9.15 Å². The Bertz CT molecular complexity index is 1350. The fourth-order valence-corrected chi connectivity index (χ4v) is 4.17. The molecule has 160 valence electrons. The molecule has 32 heavy (non-hydrogen) atoms. The number of hydrogen-bond acceptors (Lipinski definition) is 8. The van der Waals surface area contributed by atoms with Crippen molar-refractivity contribution in [2.75, 3.05) is 5.32 Å². The summed E-state index contributed by atoms with van der Waals surface area (Å²) >= 11 is 1.63. The van der Waals surface area contributed by atoms with E-state index in [9.17, 15) is 0 Å². The Hall–Kier alpha value is -3.78. The molecule has 0 aliphatic rings. The Morgan fingerprint density at radius 2 is 2.03 bits per heavy atom. The molecule has 5 aromatic rings. The van der Waals surface area contributed by atoms with Crippen LogP contribution < -0.4 is 10.1 Å². The summed E-state index contributed by atoms with van der Waals surface area (Å²) in [6.45, 7) is 4.28. The molecule has 2 aromatic carbocycles. The second kappa shape index (κ2) is 8.76. The van der Waals surface area contributed by atoms with Crippen LogP contribution in [0.5, 0.6) is 5.75 Å². The average Bonchev–Trinajstić information content (AvgIpc) is 3.49. The lowest BCUT2D eigenvalue weighted by atomic mass is 10.1. The van der Waals surface area contributed by atoms with Gasteiger partial charge in [0.05, 0.1) is 33.7 Å². The molecule has 0 amide bonds. The molecule has 0 fully saturated rings. The summed E-state index contributed by atoms with van der Waals surface area (Å²) in [5, 5.41) is 3.49. The van der Waals surface area contributed by atoms with Crippen molar-refractivity contribution in [2.24, 2.45) is 0 Å². The number of thiazole rings is 1. The number of oxazole rings is 1. The van der Waals surface area contributed by atoms with Crippen LogP contribution in [0.1, 0.15) is 30.2 Å². The number of anilines is 1. The number of hydrogen-bond donors (Lipinski definition) is 1. The van der Waals surface area contributed by atoms with E-state index in [2.05, 4.69) is 44.3 Å². The molecule has 1 N–H and O–H groups in total. The van der Waals surface area contributed by atoms with E-state index in [0.29, 0.717) is 11.7 Å². The van der Waals surface area contributed by atoms with Crippen LogP contribution in [-0.4, -0.2) is 19.9 Å². The van der Waals surface area contributed by atoms with Gasteiger partial charge in [0.15, 0.2) is 6.61 Å². The molecule has 3 aromatic heterocycles. The number of ether oxygens (including phenoxy) is 1. The molecule has 0 radical (unpaired) electrons. The Balaban J connectivity index is 1.34. The van der Waals surface area contributed by atoms with E-state index in [0.717, 1.165) is 38.6 Å². The van der Waals surface area contributed by atoms with Gasteiger partial charge >= 0.3 is 0 Å². The van der Waals surface area contributed by atoms with Crippen LogP contribution in [-0.2, 0) is 6.61 Å². The van der Waals surface area contributed by atoms with Gasteiger partial charge in [-0.05, 0) is 43.7 Å². The normalized spacial score (nSPS) is 12.1. The minimum atomic E-state index is 0.0198. The third-order valence-corrected chi connectivity index (χ3v) is 5.82. The van der Waals surface area contributed by atoms with Crippen LogP contribution in [0.4, 0.5) is 5.82 Å². The van der Waals surface area contributed by atoms with Crippen LogP contribution in [0.25, 0.3) is 21.5 Å². The van der Waals surface area contributed by atoms with Gasteiger partial charge in [0.25, 0.3) is 0 Å². The van der Waals surface area contributed by atoms with Crippen LogP contribution in [0.2, 0.25) is 0 Å². The van der Waals surface area contributed by atoms with Gasteiger partial charge in [0, 0.05) is 11.6 Å². The van der Waals surface area contributed by atoms with Crippen molar-refractivity contribution >= 4 is 27.4 Å². The summed E-state index contributed by atoms with van der Waals surface area (Å²) in [4.78, 5) is 17.7. The summed E-state index contributed by atoms with van der Waals surface area (Å²) in [7, 11) is 0. The zero-order valence-corrected chi connectivity index (χ0v) is 18.5. The van der Waals surface area contributed by atoms with E-state index >= 15 is 0 Å². The Kier molecular flexibility index (Phi) is 5.51. The summed E-state index contributed by atoms with van der Waals surface area (Å²) in [5.41, 5.74) is 5.87. The first-order chi connectivity index (χ1) is 15.6. The Morgan fingerprint density at radius 1 is 1.09 bits per heavy atom. The average molecular weight is 444 g/mol. The molecule has 0 aliphatic heterocycles. The number of aryl methyl sites for hydroxylation is 1. The fourth-order valence-electron chi connectivity index (χ4n) is 3.45. The van der Waals surface area contributed by atoms with E-state index < -0.39 is 0 Å². The molecular weight excluding hydrogens is 422 g/mol. The molecule has 0 saturated carbocycles. The predicted octanol–water partition coefficient (Wildman–Crippen LogP) is 5.80. The predicted molar refractivity (Wildman–Crippen MR) is 125 cm³/mol. The van der Waals surface area contributed by atoms with E-state index in [1.54, 1.807) is 17.5 Å². The Labute approximate surface area is 189 Å². The lowest BCUT2D eigenvalue weighted by molar-refractivity contribution is 0.263. The minimum Gasteiger partial charge on any atom is -0.484 e. The zero-order chi connectivity index (χ0) is 21.9. The topological polar surface area (TPSA) is 86.0 Å². The summed E-state index contributed by atoms with van der Waals surface area (Å²) in [5.74, 6) is 2.79. The van der Waals surface area contributed by atoms with Crippen molar-refractivity contribution < 1.29 is 9.15 Å². The Morgan fingerprint density at radius 3 is 2.91 bits per heavy atom. The first-order valence-electron chi connectivity index (χ1n) is 10.2. The smallest absolute Gasteiger partial charge is 0.232 e. The van der Waals surface area contributed by atoms with E-state index in [1.165, 1.54) is 6.26 Å². The zero-order valence-electron chi connectivity index (χ0n) is 17.6. The molecule has 8 heteroatoms. The highest BCUT2D eigenvalue weighted by Gasteiger charge is 2.11. The van der Waals surface area contributed by atoms with Gasteiger partial charge in [0.2, 0.25) is 5.89 Å². The van der Waals surface area contributed by atoms with E-state index in [1.807, 2.05) is 48.8 Å². The number of rotatable bonds is 7. The molecule has 0 bridgehead atoms. The van der Waals surface area contributed by atoms with Gasteiger partial charge in [-0.25, -0.2) is 19.9 Å². The number of nitrogens with one attached hydrogen (secondary N) is 1. The number of benzene rings is 2. The second-order valence-corrected chi connectivity index (χ2v) is 8.26. The van der Waals surface area contributed by atoms with Crippen molar-refractivity contribution in [2.45, 2.75) is 26.5 Å². The number of nitrogens with zero attached hydrogens (tertiary/aromatic N) is 4. The van der Waals surface area contributed by atoms with Crippen molar-refractivity contribution in [3.63, 3.8) is 0 Å². The van der Waals surface area contributed by atoms with Crippen LogP contribution >= 0.6 is 11.3 Å². The molecule has 1 atom stereocenters. The summed E-state index contributed by atoms with van der Waals surface area (Å²) in [6.07, 6.45) is 3.14. The van der Waals surface area contributed by atoms with E-state index in [-0.39, 0.29) is 12.6 Å². The fraction of sp³-hybridized carbons (Fsp3) is 0.167. The van der Waals surface area contributed by atoms with Crippen molar-refractivity contribution in [1.29, 1.82) is 0 Å². The van der Waals surface area contributed by atoms with Gasteiger partial charge in [-0.3, -0.25) is 0 Å². The van der Waals surface area contributed by atoms with Gasteiger partial charge < -0.3 is 14.5 Å². The quantitative estimate of drug-likeness (QED) is 0.340. The standard InChI is InChI=1S/C24H21N5O2S/c1-15(17-4-3-5-19(10-17)31-13-24-25-8-9-30-24)27-23-12-21(28-16(2)29-23)18-6-7-20-22(11-18)32-14-26-20/h3-12,14-15H,13H2,1-2H3,(H,27,28,29). The summed E-state index contributed by atoms with van der Waals surface area (Å²) < 4.78 is 12.2. The van der Waals surface area contributed by atoms with Crippen LogP contribution in [0, 0.1) is 6.92 Å². The van der Waals surface area contributed by atoms with Crippen molar-refractivity contribution in [3.05, 3.63) is 83.8 Å². The highest BCUT2D eigenvalue weighted by atomic mass is 32.1. The molecule has 0 spiro atoms.